The number of aryl methyl sites for hydroxylation is 1. The number of hydrogen-bond acceptors (Lipinski definition) is 3. The molecule has 0 aliphatic rings. The van der Waals surface area contributed by atoms with Crippen LogP contribution in [0.15, 0.2) is 12.4 Å². The van der Waals surface area contributed by atoms with Gasteiger partial charge < -0.3 is 10.3 Å². The normalized spacial score (nSPS) is 13.4. The van der Waals surface area contributed by atoms with Gasteiger partial charge in [-0.15, -0.1) is 0 Å². The Morgan fingerprint density at radius 3 is 2.87 bits per heavy atom. The molecule has 4 nitrogen and oxygen atoms in total. The molecular weight excluding hydrogens is 188 g/mol. The molecule has 0 spiro atoms. The highest BCUT2D eigenvalue weighted by Crippen LogP contribution is 2.07. The summed E-state index contributed by atoms with van der Waals surface area (Å²) in [6, 6.07) is 0.560. The summed E-state index contributed by atoms with van der Waals surface area (Å²) >= 11 is 0. The molecule has 86 valence electrons. The molecule has 1 unspecified atom stereocenters. The van der Waals surface area contributed by atoms with Gasteiger partial charge in [0, 0.05) is 25.5 Å². The van der Waals surface area contributed by atoms with Gasteiger partial charge in [0.1, 0.15) is 5.82 Å². The molecule has 4 heteroatoms. The molecule has 1 heterocycles. The second-order valence-corrected chi connectivity index (χ2v) is 4.15. The summed E-state index contributed by atoms with van der Waals surface area (Å²) < 4.78 is 2.06. The molecule has 0 amide bonds. The Bertz CT molecular complexity index is 282. The van der Waals surface area contributed by atoms with Crippen LogP contribution in [0.4, 0.5) is 0 Å². The van der Waals surface area contributed by atoms with Gasteiger partial charge >= 0.3 is 0 Å². The van der Waals surface area contributed by atoms with Crippen molar-refractivity contribution in [1.82, 2.24) is 14.5 Å². The van der Waals surface area contributed by atoms with Crippen molar-refractivity contribution in [3.05, 3.63) is 18.2 Å². The summed E-state index contributed by atoms with van der Waals surface area (Å²) in [5, 5.41) is 0. The third-order valence-electron chi connectivity index (χ3n) is 2.89. The molecule has 15 heavy (non-hydrogen) atoms. The Morgan fingerprint density at radius 1 is 1.60 bits per heavy atom. The molecule has 0 saturated carbocycles. The Labute approximate surface area is 92.1 Å². The summed E-state index contributed by atoms with van der Waals surface area (Å²) in [4.78, 5) is 6.63. The van der Waals surface area contributed by atoms with E-state index < -0.39 is 0 Å². The van der Waals surface area contributed by atoms with Crippen LogP contribution in [0.25, 0.3) is 0 Å². The van der Waals surface area contributed by atoms with Crippen molar-refractivity contribution >= 4 is 0 Å². The van der Waals surface area contributed by atoms with Gasteiger partial charge in [0.2, 0.25) is 0 Å². The zero-order valence-electron chi connectivity index (χ0n) is 9.98. The Hall–Kier alpha value is -0.870. The molecule has 0 saturated heterocycles. The first-order valence-corrected chi connectivity index (χ1v) is 5.51. The molecule has 1 aromatic heterocycles. The summed E-state index contributed by atoms with van der Waals surface area (Å²) in [7, 11) is 4.16. The minimum Gasteiger partial charge on any atom is -0.337 e. The van der Waals surface area contributed by atoms with Crippen molar-refractivity contribution in [2.24, 2.45) is 12.8 Å². The molecular formula is C11H22N4. The highest BCUT2D eigenvalue weighted by atomic mass is 15.2. The maximum Gasteiger partial charge on any atom is 0.122 e. The standard InChI is InChI=1S/C11H22N4/c1-10(5-4-6-12)15(3)9-11-13-7-8-14(11)2/h7-8,10H,4-6,9,12H2,1-3H3. The summed E-state index contributed by atoms with van der Waals surface area (Å²) in [5.41, 5.74) is 5.50. The van der Waals surface area contributed by atoms with Crippen LogP contribution in [0.3, 0.4) is 0 Å². The van der Waals surface area contributed by atoms with E-state index in [-0.39, 0.29) is 0 Å². The van der Waals surface area contributed by atoms with E-state index in [9.17, 15) is 0 Å². The fraction of sp³-hybridized carbons (Fsp3) is 0.727. The topological polar surface area (TPSA) is 47.1 Å². The fourth-order valence-corrected chi connectivity index (χ4v) is 1.56. The van der Waals surface area contributed by atoms with Crippen LogP contribution in [0.2, 0.25) is 0 Å². The van der Waals surface area contributed by atoms with Crippen molar-refractivity contribution in [1.29, 1.82) is 0 Å². The molecule has 1 rings (SSSR count). The number of nitrogens with two attached hydrogens (primary N) is 1. The number of aromatic nitrogens is 2. The highest BCUT2D eigenvalue weighted by Gasteiger charge is 2.10. The molecule has 0 aromatic carbocycles. The largest absolute Gasteiger partial charge is 0.337 e. The second kappa shape index (κ2) is 5.88. The maximum atomic E-state index is 5.50. The molecule has 0 radical (unpaired) electrons. The van der Waals surface area contributed by atoms with Crippen LogP contribution in [-0.2, 0) is 13.6 Å². The lowest BCUT2D eigenvalue weighted by atomic mass is 10.1. The molecule has 0 fully saturated rings. The zero-order valence-corrected chi connectivity index (χ0v) is 9.98. The number of hydrogen-bond donors (Lipinski definition) is 1. The van der Waals surface area contributed by atoms with Crippen LogP contribution in [-0.4, -0.2) is 34.1 Å². The summed E-state index contributed by atoms with van der Waals surface area (Å²) in [6.45, 7) is 3.91. The number of nitrogens with zero attached hydrogens (tertiary/aromatic N) is 3. The Kier molecular flexibility index (Phi) is 4.78. The molecule has 0 aliphatic heterocycles. The third kappa shape index (κ3) is 3.64. The lowest BCUT2D eigenvalue weighted by Gasteiger charge is -2.24. The Balaban J connectivity index is 2.41. The fourth-order valence-electron chi connectivity index (χ4n) is 1.56. The van der Waals surface area contributed by atoms with Gasteiger partial charge in [-0.25, -0.2) is 4.98 Å². The average Bonchev–Trinajstić information content (AvgIpc) is 2.61. The van der Waals surface area contributed by atoms with Gasteiger partial charge in [0.25, 0.3) is 0 Å². The lowest BCUT2D eigenvalue weighted by Crippen LogP contribution is -2.30. The minimum absolute atomic E-state index is 0.560. The van der Waals surface area contributed by atoms with Gasteiger partial charge in [-0.3, -0.25) is 4.90 Å². The van der Waals surface area contributed by atoms with Crippen LogP contribution in [0.5, 0.6) is 0 Å². The van der Waals surface area contributed by atoms with Crippen LogP contribution in [0.1, 0.15) is 25.6 Å². The zero-order chi connectivity index (χ0) is 11.3. The SMILES string of the molecule is CC(CCCN)N(C)Cc1nccn1C. The third-order valence-corrected chi connectivity index (χ3v) is 2.89. The molecule has 2 N–H and O–H groups in total. The van der Waals surface area contributed by atoms with E-state index in [0.29, 0.717) is 6.04 Å². The molecule has 0 bridgehead atoms. The van der Waals surface area contributed by atoms with Gasteiger partial charge in [-0.05, 0) is 33.4 Å². The first-order chi connectivity index (χ1) is 7.15. The van der Waals surface area contributed by atoms with Crippen molar-refractivity contribution in [2.75, 3.05) is 13.6 Å². The smallest absolute Gasteiger partial charge is 0.122 e. The number of imidazole rings is 1. The lowest BCUT2D eigenvalue weighted by molar-refractivity contribution is 0.228. The van der Waals surface area contributed by atoms with Crippen LogP contribution < -0.4 is 5.73 Å². The molecule has 0 aliphatic carbocycles. The van der Waals surface area contributed by atoms with E-state index in [0.717, 1.165) is 31.8 Å². The first-order valence-electron chi connectivity index (χ1n) is 5.51. The van der Waals surface area contributed by atoms with E-state index >= 15 is 0 Å². The molecule has 1 atom stereocenters. The van der Waals surface area contributed by atoms with Gasteiger partial charge in [-0.1, -0.05) is 0 Å². The van der Waals surface area contributed by atoms with E-state index in [4.69, 9.17) is 5.73 Å². The van der Waals surface area contributed by atoms with E-state index in [1.807, 2.05) is 19.4 Å². The van der Waals surface area contributed by atoms with Crippen LogP contribution in [0, 0.1) is 0 Å². The first kappa shape index (κ1) is 12.2. The maximum absolute atomic E-state index is 5.50. The molecule has 1 aromatic rings. The van der Waals surface area contributed by atoms with E-state index in [1.54, 1.807) is 0 Å². The van der Waals surface area contributed by atoms with Crippen molar-refractivity contribution in [3.63, 3.8) is 0 Å². The second-order valence-electron chi connectivity index (χ2n) is 4.15. The highest BCUT2D eigenvalue weighted by molar-refractivity contribution is 4.91. The van der Waals surface area contributed by atoms with Crippen LogP contribution >= 0.6 is 0 Å². The Morgan fingerprint density at radius 2 is 2.33 bits per heavy atom. The quantitative estimate of drug-likeness (QED) is 0.761. The van der Waals surface area contributed by atoms with Gasteiger partial charge in [-0.2, -0.15) is 0 Å². The van der Waals surface area contributed by atoms with E-state index in [2.05, 4.69) is 28.4 Å². The number of rotatable bonds is 6. The summed E-state index contributed by atoms with van der Waals surface area (Å²) in [5.74, 6) is 1.11. The van der Waals surface area contributed by atoms with Gasteiger partial charge in [0.15, 0.2) is 0 Å². The predicted octanol–water partition coefficient (Wildman–Crippen LogP) is 0.979. The monoisotopic (exact) mass is 210 g/mol. The van der Waals surface area contributed by atoms with Crippen molar-refractivity contribution in [2.45, 2.75) is 32.4 Å². The van der Waals surface area contributed by atoms with Crippen molar-refractivity contribution in [3.8, 4) is 0 Å². The van der Waals surface area contributed by atoms with E-state index in [1.165, 1.54) is 0 Å². The average molecular weight is 210 g/mol. The predicted molar refractivity (Wildman–Crippen MR) is 62.4 cm³/mol. The van der Waals surface area contributed by atoms with Crippen molar-refractivity contribution < 1.29 is 0 Å². The van der Waals surface area contributed by atoms with Gasteiger partial charge in [0.05, 0.1) is 6.54 Å². The minimum atomic E-state index is 0.560. The summed E-state index contributed by atoms with van der Waals surface area (Å²) in [6.07, 6.45) is 6.06.